The van der Waals surface area contributed by atoms with Crippen molar-refractivity contribution >= 4 is 11.3 Å². The van der Waals surface area contributed by atoms with Crippen LogP contribution in [0.5, 0.6) is 0 Å². The highest BCUT2D eigenvalue weighted by atomic mass is 32.1. The lowest BCUT2D eigenvalue weighted by molar-refractivity contribution is 0.585. The molecule has 0 aliphatic carbocycles. The standard InChI is InChI=1S/C11H13FN4S/c1-7(2)14-6-10-15-16-11(17-10)8-3-4-13-5-9(8)12/h3-5,7,14H,6H2,1-2H3. The normalized spacial score (nSPS) is 11.1. The molecule has 0 atom stereocenters. The Morgan fingerprint density at radius 1 is 1.41 bits per heavy atom. The molecule has 90 valence electrons. The summed E-state index contributed by atoms with van der Waals surface area (Å²) in [5.74, 6) is -0.369. The van der Waals surface area contributed by atoms with E-state index in [1.54, 1.807) is 12.3 Å². The van der Waals surface area contributed by atoms with E-state index in [-0.39, 0.29) is 5.82 Å². The van der Waals surface area contributed by atoms with Crippen molar-refractivity contribution in [3.63, 3.8) is 0 Å². The number of nitrogens with zero attached hydrogens (tertiary/aromatic N) is 3. The molecular formula is C11H13FN4S. The summed E-state index contributed by atoms with van der Waals surface area (Å²) in [5.41, 5.74) is 0.452. The zero-order valence-corrected chi connectivity index (χ0v) is 10.5. The van der Waals surface area contributed by atoms with E-state index in [1.807, 2.05) is 0 Å². The Morgan fingerprint density at radius 2 is 2.24 bits per heavy atom. The minimum absolute atomic E-state index is 0.369. The maximum Gasteiger partial charge on any atom is 0.151 e. The summed E-state index contributed by atoms with van der Waals surface area (Å²) < 4.78 is 13.5. The maximum atomic E-state index is 13.5. The number of aromatic nitrogens is 3. The second-order valence-electron chi connectivity index (χ2n) is 3.89. The fourth-order valence-electron chi connectivity index (χ4n) is 1.27. The molecule has 0 unspecified atom stereocenters. The van der Waals surface area contributed by atoms with E-state index in [2.05, 4.69) is 34.3 Å². The summed E-state index contributed by atoms with van der Waals surface area (Å²) >= 11 is 1.39. The Kier molecular flexibility index (Phi) is 3.75. The third kappa shape index (κ3) is 3.04. The molecule has 0 bridgehead atoms. The molecule has 4 nitrogen and oxygen atoms in total. The van der Waals surface area contributed by atoms with Gasteiger partial charge in [-0.05, 0) is 6.07 Å². The molecule has 1 N–H and O–H groups in total. The minimum Gasteiger partial charge on any atom is -0.308 e. The van der Waals surface area contributed by atoms with Crippen molar-refractivity contribution in [2.45, 2.75) is 26.4 Å². The zero-order valence-electron chi connectivity index (χ0n) is 9.64. The highest BCUT2D eigenvalue weighted by Gasteiger charge is 2.10. The number of hydrogen-bond acceptors (Lipinski definition) is 5. The third-order valence-electron chi connectivity index (χ3n) is 2.13. The van der Waals surface area contributed by atoms with Gasteiger partial charge in [0.1, 0.15) is 5.01 Å². The number of hydrogen-bond donors (Lipinski definition) is 1. The molecule has 0 saturated carbocycles. The number of nitrogens with one attached hydrogen (secondary N) is 1. The van der Waals surface area contributed by atoms with Crippen molar-refractivity contribution in [3.05, 3.63) is 29.3 Å². The molecule has 0 spiro atoms. The molecule has 0 saturated heterocycles. The average Bonchev–Trinajstić information content (AvgIpc) is 2.75. The van der Waals surface area contributed by atoms with E-state index in [4.69, 9.17) is 0 Å². The first-order valence-electron chi connectivity index (χ1n) is 5.32. The van der Waals surface area contributed by atoms with Crippen molar-refractivity contribution < 1.29 is 4.39 Å². The first-order valence-corrected chi connectivity index (χ1v) is 6.14. The summed E-state index contributed by atoms with van der Waals surface area (Å²) in [6.07, 6.45) is 2.73. The van der Waals surface area contributed by atoms with Crippen LogP contribution >= 0.6 is 11.3 Å². The lowest BCUT2D eigenvalue weighted by Gasteiger charge is -2.03. The summed E-state index contributed by atoms with van der Waals surface area (Å²) in [7, 11) is 0. The molecule has 0 fully saturated rings. The number of rotatable bonds is 4. The van der Waals surface area contributed by atoms with Crippen LogP contribution in [0.15, 0.2) is 18.5 Å². The number of pyridine rings is 1. The second-order valence-corrected chi connectivity index (χ2v) is 4.95. The SMILES string of the molecule is CC(C)NCc1nnc(-c2ccncc2F)s1. The molecule has 2 heterocycles. The molecule has 0 radical (unpaired) electrons. The zero-order chi connectivity index (χ0) is 12.3. The molecule has 6 heteroatoms. The first-order chi connectivity index (χ1) is 8.16. The number of halogens is 1. The predicted octanol–water partition coefficient (Wildman–Crippen LogP) is 2.24. The largest absolute Gasteiger partial charge is 0.308 e. The van der Waals surface area contributed by atoms with Crippen molar-refractivity contribution in [3.8, 4) is 10.6 Å². The molecule has 17 heavy (non-hydrogen) atoms. The van der Waals surface area contributed by atoms with Crippen molar-refractivity contribution in [1.29, 1.82) is 0 Å². The minimum atomic E-state index is -0.369. The second kappa shape index (κ2) is 5.29. The molecule has 0 aliphatic heterocycles. The summed E-state index contributed by atoms with van der Waals surface area (Å²) in [4.78, 5) is 3.71. The van der Waals surface area contributed by atoms with Gasteiger partial charge in [0, 0.05) is 18.8 Å². The highest BCUT2D eigenvalue weighted by molar-refractivity contribution is 7.14. The van der Waals surface area contributed by atoms with E-state index in [9.17, 15) is 4.39 Å². The van der Waals surface area contributed by atoms with Crippen LogP contribution in [0.25, 0.3) is 10.6 Å². The first kappa shape index (κ1) is 12.1. The van der Waals surface area contributed by atoms with Gasteiger partial charge in [0.2, 0.25) is 0 Å². The van der Waals surface area contributed by atoms with Gasteiger partial charge in [0.15, 0.2) is 10.8 Å². The Balaban J connectivity index is 2.16. The van der Waals surface area contributed by atoms with E-state index >= 15 is 0 Å². The van der Waals surface area contributed by atoms with Crippen LogP contribution in [0, 0.1) is 5.82 Å². The summed E-state index contributed by atoms with van der Waals surface area (Å²) in [6, 6.07) is 2.00. The predicted molar refractivity (Wildman–Crippen MR) is 65.1 cm³/mol. The smallest absolute Gasteiger partial charge is 0.151 e. The van der Waals surface area contributed by atoms with Crippen LogP contribution in [0.3, 0.4) is 0 Å². The van der Waals surface area contributed by atoms with Gasteiger partial charge in [-0.15, -0.1) is 10.2 Å². The van der Waals surface area contributed by atoms with Gasteiger partial charge in [0.25, 0.3) is 0 Å². The molecule has 0 aliphatic rings. The Hall–Kier alpha value is -1.40. The van der Waals surface area contributed by atoms with Crippen LogP contribution in [0.1, 0.15) is 18.9 Å². The molecular weight excluding hydrogens is 239 g/mol. The lowest BCUT2D eigenvalue weighted by atomic mass is 10.3. The van der Waals surface area contributed by atoms with Gasteiger partial charge in [-0.3, -0.25) is 4.98 Å². The van der Waals surface area contributed by atoms with Crippen LogP contribution in [0.2, 0.25) is 0 Å². The van der Waals surface area contributed by atoms with Crippen molar-refractivity contribution in [2.24, 2.45) is 0 Å². The molecule has 0 aromatic carbocycles. The van der Waals surface area contributed by atoms with Gasteiger partial charge >= 0.3 is 0 Å². The fraction of sp³-hybridized carbons (Fsp3) is 0.364. The average molecular weight is 252 g/mol. The topological polar surface area (TPSA) is 50.7 Å². The molecule has 2 rings (SSSR count). The molecule has 2 aromatic heterocycles. The Bertz CT molecular complexity index is 498. The van der Waals surface area contributed by atoms with Crippen LogP contribution in [-0.4, -0.2) is 21.2 Å². The summed E-state index contributed by atoms with van der Waals surface area (Å²) in [6.45, 7) is 4.77. The van der Waals surface area contributed by atoms with Crippen LogP contribution in [-0.2, 0) is 6.54 Å². The summed E-state index contributed by atoms with van der Waals surface area (Å²) in [5, 5.41) is 12.7. The van der Waals surface area contributed by atoms with Gasteiger partial charge in [-0.25, -0.2) is 4.39 Å². The van der Waals surface area contributed by atoms with Gasteiger partial charge in [-0.1, -0.05) is 25.2 Å². The van der Waals surface area contributed by atoms with Crippen LogP contribution < -0.4 is 5.32 Å². The molecule has 0 amide bonds. The van der Waals surface area contributed by atoms with Gasteiger partial charge in [0.05, 0.1) is 11.8 Å². The molecule has 2 aromatic rings. The fourth-order valence-corrected chi connectivity index (χ4v) is 2.09. The Morgan fingerprint density at radius 3 is 2.94 bits per heavy atom. The van der Waals surface area contributed by atoms with Crippen molar-refractivity contribution in [2.75, 3.05) is 0 Å². The van der Waals surface area contributed by atoms with E-state index in [0.29, 0.717) is 23.2 Å². The monoisotopic (exact) mass is 252 g/mol. The Labute approximate surface area is 103 Å². The lowest BCUT2D eigenvalue weighted by Crippen LogP contribution is -2.21. The van der Waals surface area contributed by atoms with E-state index < -0.39 is 0 Å². The van der Waals surface area contributed by atoms with Crippen molar-refractivity contribution in [1.82, 2.24) is 20.5 Å². The third-order valence-corrected chi connectivity index (χ3v) is 3.09. The van der Waals surface area contributed by atoms with E-state index in [0.717, 1.165) is 5.01 Å². The van der Waals surface area contributed by atoms with E-state index in [1.165, 1.54) is 17.5 Å². The van der Waals surface area contributed by atoms with Gasteiger partial charge < -0.3 is 5.32 Å². The quantitative estimate of drug-likeness (QED) is 0.906. The maximum absolute atomic E-state index is 13.5. The van der Waals surface area contributed by atoms with Gasteiger partial charge in [-0.2, -0.15) is 0 Å². The highest BCUT2D eigenvalue weighted by Crippen LogP contribution is 2.25. The van der Waals surface area contributed by atoms with Crippen LogP contribution in [0.4, 0.5) is 4.39 Å².